The van der Waals surface area contributed by atoms with Crippen molar-refractivity contribution in [1.82, 2.24) is 15.0 Å². The Balaban J connectivity index is 1.95. The van der Waals surface area contributed by atoms with E-state index in [0.29, 0.717) is 12.4 Å². The van der Waals surface area contributed by atoms with Crippen LogP contribution in [0.5, 0.6) is 0 Å². The number of carboxylic acid groups (broad SMARTS) is 1. The molecule has 1 fully saturated rings. The molecule has 19 heavy (non-hydrogen) atoms. The molecule has 0 spiro atoms. The Morgan fingerprint density at radius 3 is 3.21 bits per heavy atom. The minimum absolute atomic E-state index is 0.0535. The number of aryl methyl sites for hydroxylation is 1. The molecule has 1 unspecified atom stereocenters. The van der Waals surface area contributed by atoms with E-state index in [0.717, 1.165) is 36.7 Å². The first-order valence-electron chi connectivity index (χ1n) is 6.54. The van der Waals surface area contributed by atoms with Gasteiger partial charge < -0.3 is 9.63 Å². The second-order valence-corrected chi connectivity index (χ2v) is 5.80. The van der Waals surface area contributed by atoms with Gasteiger partial charge in [0.25, 0.3) is 0 Å². The van der Waals surface area contributed by atoms with E-state index in [9.17, 15) is 4.79 Å². The zero-order valence-electron chi connectivity index (χ0n) is 11.0. The number of aromatic nitrogens is 2. The third-order valence-electron chi connectivity index (χ3n) is 3.08. The zero-order valence-corrected chi connectivity index (χ0v) is 11.9. The van der Waals surface area contributed by atoms with Crippen LogP contribution in [-0.4, -0.2) is 50.2 Å². The fourth-order valence-corrected chi connectivity index (χ4v) is 3.27. The predicted octanol–water partition coefficient (Wildman–Crippen LogP) is 1.41. The Bertz CT molecular complexity index is 424. The fourth-order valence-electron chi connectivity index (χ4n) is 2.14. The fraction of sp³-hybridized carbons (Fsp3) is 0.750. The lowest BCUT2D eigenvalue weighted by Gasteiger charge is -2.33. The van der Waals surface area contributed by atoms with Gasteiger partial charge in [0.1, 0.15) is 0 Å². The Labute approximate surface area is 116 Å². The van der Waals surface area contributed by atoms with Crippen molar-refractivity contribution in [2.75, 3.05) is 18.1 Å². The highest BCUT2D eigenvalue weighted by molar-refractivity contribution is 7.99. The number of thioether (sulfide) groups is 1. The maximum atomic E-state index is 10.9. The minimum atomic E-state index is -0.755. The average Bonchev–Trinajstić information content (AvgIpc) is 2.79. The monoisotopic (exact) mass is 285 g/mol. The number of carbonyl (C=O) groups is 1. The SMILES string of the molecule is CCCc1noc(CN2CCSCC2CC(=O)O)n1. The normalized spacial score (nSPS) is 20.6. The van der Waals surface area contributed by atoms with Gasteiger partial charge in [-0.25, -0.2) is 0 Å². The maximum absolute atomic E-state index is 10.9. The van der Waals surface area contributed by atoms with Crippen molar-refractivity contribution in [2.45, 2.75) is 38.8 Å². The van der Waals surface area contributed by atoms with Crippen LogP contribution >= 0.6 is 11.8 Å². The molecule has 1 saturated heterocycles. The highest BCUT2D eigenvalue weighted by Crippen LogP contribution is 2.20. The quantitative estimate of drug-likeness (QED) is 0.846. The van der Waals surface area contributed by atoms with Gasteiger partial charge in [-0.3, -0.25) is 9.69 Å². The van der Waals surface area contributed by atoms with Crippen molar-refractivity contribution in [3.8, 4) is 0 Å². The van der Waals surface area contributed by atoms with Crippen LogP contribution < -0.4 is 0 Å². The average molecular weight is 285 g/mol. The van der Waals surface area contributed by atoms with Crippen molar-refractivity contribution < 1.29 is 14.4 Å². The van der Waals surface area contributed by atoms with Crippen molar-refractivity contribution >= 4 is 17.7 Å². The Morgan fingerprint density at radius 1 is 1.63 bits per heavy atom. The molecule has 0 bridgehead atoms. The number of aliphatic carboxylic acids is 1. The lowest BCUT2D eigenvalue weighted by Crippen LogP contribution is -2.43. The number of hydrogen-bond donors (Lipinski definition) is 1. The van der Waals surface area contributed by atoms with E-state index in [4.69, 9.17) is 9.63 Å². The summed E-state index contributed by atoms with van der Waals surface area (Å²) in [6, 6.07) is 0.0535. The molecular formula is C12H19N3O3S. The lowest BCUT2D eigenvalue weighted by atomic mass is 10.2. The molecule has 1 aromatic heterocycles. The summed E-state index contributed by atoms with van der Waals surface area (Å²) >= 11 is 1.80. The second kappa shape index (κ2) is 6.91. The number of nitrogens with zero attached hydrogens (tertiary/aromatic N) is 3. The highest BCUT2D eigenvalue weighted by Gasteiger charge is 2.26. The minimum Gasteiger partial charge on any atom is -0.481 e. The second-order valence-electron chi connectivity index (χ2n) is 4.65. The van der Waals surface area contributed by atoms with Crippen molar-refractivity contribution in [3.63, 3.8) is 0 Å². The van der Waals surface area contributed by atoms with E-state index in [2.05, 4.69) is 22.0 Å². The van der Waals surface area contributed by atoms with Crippen LogP contribution in [-0.2, 0) is 17.8 Å². The molecule has 7 heteroatoms. The molecule has 1 aliphatic rings. The topological polar surface area (TPSA) is 79.5 Å². The molecule has 0 aromatic carbocycles. The highest BCUT2D eigenvalue weighted by atomic mass is 32.2. The van der Waals surface area contributed by atoms with Crippen molar-refractivity contribution in [2.24, 2.45) is 0 Å². The molecule has 2 heterocycles. The van der Waals surface area contributed by atoms with E-state index in [1.54, 1.807) is 11.8 Å². The van der Waals surface area contributed by atoms with Crippen molar-refractivity contribution in [1.29, 1.82) is 0 Å². The summed E-state index contributed by atoms with van der Waals surface area (Å²) in [5.74, 6) is 2.44. The predicted molar refractivity (Wildman–Crippen MR) is 72.1 cm³/mol. The van der Waals surface area contributed by atoms with E-state index in [1.807, 2.05) is 0 Å². The van der Waals surface area contributed by atoms with Gasteiger partial charge in [-0.05, 0) is 6.42 Å². The van der Waals surface area contributed by atoms with Crippen LogP contribution in [0.3, 0.4) is 0 Å². The smallest absolute Gasteiger partial charge is 0.304 e. The summed E-state index contributed by atoms with van der Waals surface area (Å²) in [5.41, 5.74) is 0. The number of carboxylic acids is 1. The maximum Gasteiger partial charge on any atom is 0.304 e. The van der Waals surface area contributed by atoms with Gasteiger partial charge in [0.2, 0.25) is 5.89 Å². The summed E-state index contributed by atoms with van der Waals surface area (Å²) in [6.45, 7) is 3.49. The van der Waals surface area contributed by atoms with Crippen LogP contribution in [0.25, 0.3) is 0 Å². The molecule has 0 radical (unpaired) electrons. The lowest BCUT2D eigenvalue weighted by molar-refractivity contribution is -0.138. The van der Waals surface area contributed by atoms with Crippen LogP contribution in [0, 0.1) is 0 Å². The molecule has 1 aromatic rings. The molecule has 1 atom stereocenters. The third-order valence-corrected chi connectivity index (χ3v) is 4.17. The molecule has 2 rings (SSSR count). The molecule has 1 aliphatic heterocycles. The third kappa shape index (κ3) is 4.21. The van der Waals surface area contributed by atoms with Gasteiger partial charge in [-0.1, -0.05) is 12.1 Å². The van der Waals surface area contributed by atoms with E-state index in [1.165, 1.54) is 0 Å². The van der Waals surface area contributed by atoms with Gasteiger partial charge in [0, 0.05) is 30.5 Å². The number of rotatable bonds is 6. The van der Waals surface area contributed by atoms with Crippen molar-refractivity contribution in [3.05, 3.63) is 11.7 Å². The van der Waals surface area contributed by atoms with Gasteiger partial charge >= 0.3 is 5.97 Å². The van der Waals surface area contributed by atoms with Crippen LogP contribution in [0.2, 0.25) is 0 Å². The Morgan fingerprint density at radius 2 is 2.47 bits per heavy atom. The van der Waals surface area contributed by atoms with Crippen LogP contribution in [0.15, 0.2) is 4.52 Å². The van der Waals surface area contributed by atoms with Crippen LogP contribution in [0.4, 0.5) is 0 Å². The molecule has 1 N–H and O–H groups in total. The first-order chi connectivity index (χ1) is 9.19. The summed E-state index contributed by atoms with van der Waals surface area (Å²) in [4.78, 5) is 17.3. The summed E-state index contributed by atoms with van der Waals surface area (Å²) < 4.78 is 5.22. The molecule has 0 saturated carbocycles. The zero-order chi connectivity index (χ0) is 13.7. The first-order valence-corrected chi connectivity index (χ1v) is 7.69. The van der Waals surface area contributed by atoms with Gasteiger partial charge in [-0.15, -0.1) is 0 Å². The Hall–Kier alpha value is -1.08. The summed E-state index contributed by atoms with van der Waals surface area (Å²) in [6.07, 6.45) is 1.97. The van der Waals surface area contributed by atoms with Gasteiger partial charge in [0.05, 0.1) is 13.0 Å². The first kappa shape index (κ1) is 14.3. The number of hydrogen-bond acceptors (Lipinski definition) is 6. The van der Waals surface area contributed by atoms with Gasteiger partial charge in [-0.2, -0.15) is 16.7 Å². The standard InChI is InChI=1S/C12H19N3O3S/c1-2-3-10-13-11(18-14-10)7-15-4-5-19-8-9(15)6-12(16)17/h9H,2-8H2,1H3,(H,16,17). The molecule has 0 aliphatic carbocycles. The van der Waals surface area contributed by atoms with E-state index < -0.39 is 5.97 Å². The molecule has 6 nitrogen and oxygen atoms in total. The van der Waals surface area contributed by atoms with E-state index in [-0.39, 0.29) is 12.5 Å². The Kier molecular flexibility index (Phi) is 5.21. The van der Waals surface area contributed by atoms with Gasteiger partial charge in [0.15, 0.2) is 5.82 Å². The molecule has 106 valence electrons. The largest absolute Gasteiger partial charge is 0.481 e. The molecule has 0 amide bonds. The molecular weight excluding hydrogens is 266 g/mol. The summed E-state index contributed by atoms with van der Waals surface area (Å²) in [5, 5.41) is 12.9. The van der Waals surface area contributed by atoms with Crippen LogP contribution in [0.1, 0.15) is 31.5 Å². The summed E-state index contributed by atoms with van der Waals surface area (Å²) in [7, 11) is 0. The van der Waals surface area contributed by atoms with E-state index >= 15 is 0 Å².